The molecule has 0 radical (unpaired) electrons. The third-order valence-electron chi connectivity index (χ3n) is 2.71. The highest BCUT2D eigenvalue weighted by Gasteiger charge is 2.33. The Morgan fingerprint density at radius 2 is 1.90 bits per heavy atom. The number of hydrogen-bond acceptors (Lipinski definition) is 4. The molecule has 1 aromatic heterocycles. The van der Waals surface area contributed by atoms with Crippen LogP contribution in [0.3, 0.4) is 0 Å². The SMILES string of the molecule is CC1(C)COB(c2ccc(OC(F)C(F)F)nc2)OC1. The van der Waals surface area contributed by atoms with Crippen LogP contribution in [-0.2, 0) is 9.31 Å². The molecule has 0 saturated carbocycles. The quantitative estimate of drug-likeness (QED) is 0.792. The maximum atomic E-state index is 12.7. The van der Waals surface area contributed by atoms with Crippen LogP contribution in [0.25, 0.3) is 0 Å². The average molecular weight is 289 g/mol. The van der Waals surface area contributed by atoms with E-state index in [0.29, 0.717) is 18.7 Å². The average Bonchev–Trinajstić information content (AvgIpc) is 2.39. The van der Waals surface area contributed by atoms with Gasteiger partial charge < -0.3 is 14.0 Å². The first-order chi connectivity index (χ1) is 9.37. The van der Waals surface area contributed by atoms with E-state index in [1.807, 2.05) is 13.8 Å². The fourth-order valence-corrected chi connectivity index (χ4v) is 1.65. The summed E-state index contributed by atoms with van der Waals surface area (Å²) in [6, 6.07) is 2.85. The maximum absolute atomic E-state index is 12.7. The summed E-state index contributed by atoms with van der Waals surface area (Å²) < 4.78 is 52.1. The van der Waals surface area contributed by atoms with Crippen molar-refractivity contribution in [1.29, 1.82) is 0 Å². The summed E-state index contributed by atoms with van der Waals surface area (Å²) in [4.78, 5) is 3.76. The fourth-order valence-electron chi connectivity index (χ4n) is 1.65. The number of ether oxygens (including phenoxy) is 1. The van der Waals surface area contributed by atoms with Crippen LogP contribution in [0, 0.1) is 5.41 Å². The molecule has 4 nitrogen and oxygen atoms in total. The lowest BCUT2D eigenvalue weighted by Gasteiger charge is -2.33. The minimum absolute atomic E-state index is 0.0499. The van der Waals surface area contributed by atoms with Crippen molar-refractivity contribution in [1.82, 2.24) is 4.98 Å². The normalized spacial score (nSPS) is 20.0. The number of rotatable bonds is 4. The van der Waals surface area contributed by atoms with Gasteiger partial charge in [-0.1, -0.05) is 19.9 Å². The summed E-state index contributed by atoms with van der Waals surface area (Å²) in [5, 5.41) is 0. The van der Waals surface area contributed by atoms with Crippen LogP contribution in [-0.4, -0.2) is 38.1 Å². The Morgan fingerprint density at radius 1 is 1.25 bits per heavy atom. The molecule has 0 aliphatic carbocycles. The molecule has 1 aliphatic heterocycles. The number of pyridine rings is 1. The fraction of sp³-hybridized carbons (Fsp3) is 0.583. The number of hydrogen-bond donors (Lipinski definition) is 0. The highest BCUT2D eigenvalue weighted by Crippen LogP contribution is 2.21. The maximum Gasteiger partial charge on any atom is 0.495 e. The first kappa shape index (κ1) is 15.1. The number of aromatic nitrogens is 1. The molecular formula is C12H15BF3NO3. The summed E-state index contributed by atoms with van der Waals surface area (Å²) in [6.45, 7) is 5.11. The van der Waals surface area contributed by atoms with E-state index in [2.05, 4.69) is 9.72 Å². The van der Waals surface area contributed by atoms with E-state index in [0.717, 1.165) is 0 Å². The Bertz CT molecular complexity index is 434. The molecule has 1 unspecified atom stereocenters. The van der Waals surface area contributed by atoms with Crippen molar-refractivity contribution in [3.8, 4) is 5.88 Å². The van der Waals surface area contributed by atoms with Crippen LogP contribution in [0.5, 0.6) is 5.88 Å². The van der Waals surface area contributed by atoms with Gasteiger partial charge in [0, 0.05) is 36.4 Å². The van der Waals surface area contributed by atoms with Crippen molar-refractivity contribution in [3.63, 3.8) is 0 Å². The summed E-state index contributed by atoms with van der Waals surface area (Å²) in [7, 11) is -0.555. The Labute approximate surface area is 115 Å². The van der Waals surface area contributed by atoms with Gasteiger partial charge in [-0.05, 0) is 0 Å². The van der Waals surface area contributed by atoms with E-state index in [1.54, 1.807) is 6.07 Å². The minimum Gasteiger partial charge on any atom is -0.437 e. The first-order valence-electron chi connectivity index (χ1n) is 6.15. The zero-order valence-electron chi connectivity index (χ0n) is 11.2. The van der Waals surface area contributed by atoms with Crippen molar-refractivity contribution in [3.05, 3.63) is 18.3 Å². The van der Waals surface area contributed by atoms with Gasteiger partial charge in [0.25, 0.3) is 6.36 Å². The molecule has 2 rings (SSSR count). The Hall–Kier alpha value is -1.28. The van der Waals surface area contributed by atoms with Gasteiger partial charge >= 0.3 is 13.5 Å². The highest BCUT2D eigenvalue weighted by atomic mass is 19.3. The summed E-state index contributed by atoms with van der Waals surface area (Å²) in [5.74, 6) is -0.210. The topological polar surface area (TPSA) is 40.6 Å². The molecular weight excluding hydrogens is 274 g/mol. The van der Waals surface area contributed by atoms with Crippen LogP contribution in [0.1, 0.15) is 13.8 Å². The minimum atomic E-state index is -3.20. The van der Waals surface area contributed by atoms with Crippen molar-refractivity contribution >= 4 is 12.6 Å². The number of halogens is 3. The molecule has 0 amide bonds. The van der Waals surface area contributed by atoms with Gasteiger partial charge in [-0.15, -0.1) is 0 Å². The molecule has 0 spiro atoms. The monoisotopic (exact) mass is 289 g/mol. The summed E-state index contributed by atoms with van der Waals surface area (Å²) >= 11 is 0. The summed E-state index contributed by atoms with van der Waals surface area (Å²) in [6.07, 6.45) is -4.53. The lowest BCUT2D eigenvalue weighted by atomic mass is 9.77. The van der Waals surface area contributed by atoms with Crippen molar-refractivity contribution < 1.29 is 27.2 Å². The highest BCUT2D eigenvalue weighted by molar-refractivity contribution is 6.61. The molecule has 0 aromatic carbocycles. The zero-order chi connectivity index (χ0) is 14.8. The van der Waals surface area contributed by atoms with Crippen molar-refractivity contribution in [2.45, 2.75) is 26.6 Å². The molecule has 1 atom stereocenters. The molecule has 1 saturated heterocycles. The van der Waals surface area contributed by atoms with E-state index >= 15 is 0 Å². The first-order valence-corrected chi connectivity index (χ1v) is 6.15. The Balaban J connectivity index is 1.95. The molecule has 2 heterocycles. The van der Waals surface area contributed by atoms with E-state index < -0.39 is 19.9 Å². The third-order valence-corrected chi connectivity index (χ3v) is 2.71. The number of alkyl halides is 3. The Kier molecular flexibility index (Phi) is 4.54. The van der Waals surface area contributed by atoms with Gasteiger partial charge in [-0.3, -0.25) is 0 Å². The molecule has 1 aliphatic rings. The van der Waals surface area contributed by atoms with E-state index in [9.17, 15) is 13.2 Å². The largest absolute Gasteiger partial charge is 0.495 e. The molecule has 20 heavy (non-hydrogen) atoms. The molecule has 8 heteroatoms. The second-order valence-corrected chi connectivity index (χ2v) is 5.35. The van der Waals surface area contributed by atoms with Gasteiger partial charge in [0.2, 0.25) is 5.88 Å². The standard InChI is InChI=1S/C12H15BF3NO3/c1-12(2)6-18-13(19-7-12)8-3-4-9(17-5-8)20-11(16)10(14)15/h3-5,10-11H,6-7H2,1-2H3. The van der Waals surface area contributed by atoms with Crippen LogP contribution in [0.2, 0.25) is 0 Å². The molecule has 1 fully saturated rings. The van der Waals surface area contributed by atoms with E-state index in [1.165, 1.54) is 12.3 Å². The molecule has 110 valence electrons. The molecule has 1 aromatic rings. The lowest BCUT2D eigenvalue weighted by Crippen LogP contribution is -2.47. The van der Waals surface area contributed by atoms with Crippen molar-refractivity contribution in [2.24, 2.45) is 5.41 Å². The van der Waals surface area contributed by atoms with Gasteiger partial charge in [-0.2, -0.15) is 4.39 Å². The summed E-state index contributed by atoms with van der Waals surface area (Å²) in [5.41, 5.74) is 0.575. The Morgan fingerprint density at radius 3 is 2.40 bits per heavy atom. The lowest BCUT2D eigenvalue weighted by molar-refractivity contribution is -0.0690. The smallest absolute Gasteiger partial charge is 0.437 e. The van der Waals surface area contributed by atoms with Crippen LogP contribution < -0.4 is 10.2 Å². The van der Waals surface area contributed by atoms with Crippen LogP contribution in [0.4, 0.5) is 13.2 Å². The van der Waals surface area contributed by atoms with Crippen LogP contribution >= 0.6 is 0 Å². The molecule has 0 N–H and O–H groups in total. The van der Waals surface area contributed by atoms with Crippen molar-refractivity contribution in [2.75, 3.05) is 13.2 Å². The third kappa shape index (κ3) is 3.86. The van der Waals surface area contributed by atoms with E-state index in [4.69, 9.17) is 9.31 Å². The predicted molar refractivity (Wildman–Crippen MR) is 66.8 cm³/mol. The van der Waals surface area contributed by atoms with Gasteiger partial charge in [0.15, 0.2) is 0 Å². The van der Waals surface area contributed by atoms with Gasteiger partial charge in [0.1, 0.15) is 0 Å². The predicted octanol–water partition coefficient (Wildman–Crippen LogP) is 1.79. The second-order valence-electron chi connectivity index (χ2n) is 5.35. The van der Waals surface area contributed by atoms with Gasteiger partial charge in [0.05, 0.1) is 0 Å². The molecule has 0 bridgehead atoms. The van der Waals surface area contributed by atoms with Crippen LogP contribution in [0.15, 0.2) is 18.3 Å². The van der Waals surface area contributed by atoms with E-state index in [-0.39, 0.29) is 11.3 Å². The second kappa shape index (κ2) is 6.01. The van der Waals surface area contributed by atoms with Gasteiger partial charge in [-0.25, -0.2) is 13.8 Å². The zero-order valence-corrected chi connectivity index (χ0v) is 11.2. The number of nitrogens with zero attached hydrogens (tertiary/aromatic N) is 1.